The first-order chi connectivity index (χ1) is 45.1. The second-order valence-electron chi connectivity index (χ2n) is 25.6. The van der Waals surface area contributed by atoms with E-state index in [1.54, 1.807) is 48.7 Å². The summed E-state index contributed by atoms with van der Waals surface area (Å²) in [5.74, 6) is 8.99. The lowest BCUT2D eigenvalue weighted by molar-refractivity contribution is 0.221. The molecule has 17 heteroatoms. The quantitative estimate of drug-likeness (QED) is 0.118. The zero-order chi connectivity index (χ0) is 64.9. The van der Waals surface area contributed by atoms with Gasteiger partial charge in [0.05, 0.1) is 42.7 Å². The standard InChI is InChI=1S/C38H41N3O6.C38H43N3O5/c1-22-15-24-11-13-40(2)30-16-23-7-9-27(10-8-23)46-34-19-26(29(39-42)21-33(34)43-4)17-31-36-25(12-14-41(31)3)18-35(44-5)37(45-6)38(36)47-32(22)20-28(24)30;1-22-15-24-11-13-40(2)30-16-23-7-9-27(10-8-23)45-34-19-26(29(39)21-33(34)42-4)17-31-36-25(12-14-41(31)3)18-35(43-5)37(44-6)38(36)46-32(22)20-28(24)30/h7-10,15,18-21,30-31H,11-14,16-17H2,1-6H3;7-10,15,18-21,30-31H,11-14,16-17,39H2,1-6H3/t2*30-,31-/m00/s1. The largest absolute Gasteiger partial charge is 0.493 e. The molecule has 0 aliphatic carbocycles. The van der Waals surface area contributed by atoms with Gasteiger partial charge in [-0.15, -0.1) is 4.91 Å². The molecule has 484 valence electrons. The fourth-order valence-electron chi connectivity index (χ4n) is 14.8. The molecular weight excluding hydrogens is 1170 g/mol. The highest BCUT2D eigenvalue weighted by molar-refractivity contribution is 5.67. The van der Waals surface area contributed by atoms with Crippen LogP contribution >= 0.6 is 0 Å². The molecule has 17 nitrogen and oxygen atoms in total. The number of likely N-dealkylation sites (N-methyl/N-ethyl adjacent to an activating group) is 4. The molecule has 8 aromatic carbocycles. The number of nitrogens with two attached hydrogens (primary N) is 1. The van der Waals surface area contributed by atoms with Crippen LogP contribution in [0.3, 0.4) is 0 Å². The first-order valence-corrected chi connectivity index (χ1v) is 32.1. The fourth-order valence-corrected chi connectivity index (χ4v) is 14.8. The van der Waals surface area contributed by atoms with Crippen LogP contribution < -0.4 is 53.1 Å². The summed E-state index contributed by atoms with van der Waals surface area (Å²) in [5, 5.41) is 3.42. The molecule has 8 aliphatic heterocycles. The number of ether oxygens (including phenoxy) is 10. The molecule has 0 saturated carbocycles. The summed E-state index contributed by atoms with van der Waals surface area (Å²) in [5.41, 5.74) is 23.7. The maximum atomic E-state index is 12.2. The Labute approximate surface area is 545 Å². The summed E-state index contributed by atoms with van der Waals surface area (Å²) in [4.78, 5) is 21.8. The van der Waals surface area contributed by atoms with Gasteiger partial charge in [0.1, 0.15) is 28.7 Å². The van der Waals surface area contributed by atoms with Crippen LogP contribution in [0.4, 0.5) is 11.4 Å². The lowest BCUT2D eigenvalue weighted by Gasteiger charge is -2.37. The monoisotopic (exact) mass is 1260 g/mol. The van der Waals surface area contributed by atoms with Crippen LogP contribution in [0.5, 0.6) is 80.5 Å². The normalized spacial score (nSPS) is 19.1. The zero-order valence-electron chi connectivity index (χ0n) is 55.5. The number of nitrogens with zero attached hydrogens (tertiary/aromatic N) is 5. The number of anilines is 1. The summed E-state index contributed by atoms with van der Waals surface area (Å²) in [6.45, 7) is 7.92. The predicted octanol–water partition coefficient (Wildman–Crippen LogP) is 14.9. The van der Waals surface area contributed by atoms with Crippen LogP contribution in [0.2, 0.25) is 0 Å². The van der Waals surface area contributed by atoms with Crippen molar-refractivity contribution in [1.82, 2.24) is 19.6 Å². The Hall–Kier alpha value is -9.00. The second-order valence-corrected chi connectivity index (χ2v) is 25.6. The molecule has 0 spiro atoms. The third-order valence-corrected chi connectivity index (χ3v) is 20.1. The van der Waals surface area contributed by atoms with Crippen molar-refractivity contribution >= 4 is 11.4 Å². The average molecular weight is 1260 g/mol. The molecule has 0 amide bonds. The molecule has 0 aromatic heterocycles. The van der Waals surface area contributed by atoms with Crippen LogP contribution in [-0.2, 0) is 51.4 Å². The lowest BCUT2D eigenvalue weighted by Crippen LogP contribution is -2.34. The molecule has 8 aliphatic rings. The summed E-state index contributed by atoms with van der Waals surface area (Å²) in [6, 6.07) is 37.4. The SMILES string of the molecule is COc1cc(N)c2cc1Oc1ccc(cc1)C[C@H]1c3cc(c(C)cc3CCN1C)Oc1c(OC)c(OC)cc3c1[C@H](C2)N(C)CC3.COc1cc(N=O)c2cc1Oc1ccc(cc1)C[C@H]1c3cc(c(C)cc3CCN1C)Oc1c(OC)c(OC)cc3c1[C@H](C2)N(C)CC3. The van der Waals surface area contributed by atoms with E-state index in [4.69, 9.17) is 53.1 Å². The molecule has 8 aromatic rings. The number of methoxy groups -OCH3 is 6. The van der Waals surface area contributed by atoms with Crippen molar-refractivity contribution in [2.45, 2.75) is 89.4 Å². The van der Waals surface area contributed by atoms with Gasteiger partial charge in [0.25, 0.3) is 0 Å². The number of rotatable bonds is 7. The number of hydrogen-bond acceptors (Lipinski definition) is 17. The van der Waals surface area contributed by atoms with Gasteiger partial charge in [-0.2, -0.15) is 0 Å². The van der Waals surface area contributed by atoms with Crippen LogP contribution in [-0.4, -0.2) is 117 Å². The molecule has 0 fully saturated rings. The van der Waals surface area contributed by atoms with Crippen molar-refractivity contribution < 1.29 is 47.4 Å². The molecular formula is C76H84N6O11. The Bertz CT molecular complexity index is 4160. The summed E-state index contributed by atoms with van der Waals surface area (Å²) in [7, 11) is 18.5. The Morgan fingerprint density at radius 1 is 0.409 bits per heavy atom. The minimum absolute atomic E-state index is 0.0444. The topological polar surface area (TPSA) is 161 Å². The minimum Gasteiger partial charge on any atom is -0.493 e. The summed E-state index contributed by atoms with van der Waals surface area (Å²) in [6.07, 6.45) is 6.46. The van der Waals surface area contributed by atoms with Gasteiger partial charge in [-0.25, -0.2) is 0 Å². The van der Waals surface area contributed by atoms with Gasteiger partial charge < -0.3 is 53.1 Å². The van der Waals surface area contributed by atoms with E-state index in [0.29, 0.717) is 87.5 Å². The smallest absolute Gasteiger partial charge is 0.204 e. The second kappa shape index (κ2) is 26.2. The first-order valence-electron chi connectivity index (χ1n) is 32.1. The van der Waals surface area contributed by atoms with Gasteiger partial charge in [0.2, 0.25) is 11.5 Å². The van der Waals surface area contributed by atoms with Crippen LogP contribution in [0.15, 0.2) is 114 Å². The Balaban J connectivity index is 0.000000169. The average Bonchev–Trinajstić information content (AvgIpc) is 0.774. The molecule has 2 N–H and O–H groups in total. The maximum absolute atomic E-state index is 12.2. The highest BCUT2D eigenvalue weighted by Gasteiger charge is 2.38. The van der Waals surface area contributed by atoms with E-state index in [1.165, 1.54) is 38.9 Å². The number of aryl methyl sites for hydroxylation is 2. The third-order valence-electron chi connectivity index (χ3n) is 20.1. The van der Waals surface area contributed by atoms with E-state index in [0.717, 1.165) is 121 Å². The maximum Gasteiger partial charge on any atom is 0.204 e. The predicted molar refractivity (Wildman–Crippen MR) is 362 cm³/mol. The molecule has 93 heavy (non-hydrogen) atoms. The fraction of sp³-hybridized carbons (Fsp3) is 0.368. The molecule has 0 unspecified atom stereocenters. The molecule has 8 heterocycles. The van der Waals surface area contributed by atoms with Crippen molar-refractivity contribution in [3.8, 4) is 80.5 Å². The van der Waals surface area contributed by atoms with E-state index in [9.17, 15) is 4.91 Å². The van der Waals surface area contributed by atoms with E-state index in [2.05, 4.69) is 127 Å². The van der Waals surface area contributed by atoms with Gasteiger partial charge in [0, 0.05) is 79.3 Å². The van der Waals surface area contributed by atoms with Crippen molar-refractivity contribution in [2.24, 2.45) is 5.18 Å². The Kier molecular flexibility index (Phi) is 17.7. The summed E-state index contributed by atoms with van der Waals surface area (Å²) >= 11 is 0. The van der Waals surface area contributed by atoms with Crippen LogP contribution in [0, 0.1) is 18.8 Å². The first kappa shape index (κ1) is 62.8. The van der Waals surface area contributed by atoms with E-state index in [-0.39, 0.29) is 24.2 Å². The number of fused-ring (bicyclic) bond motifs is 4. The van der Waals surface area contributed by atoms with Crippen molar-refractivity contribution in [3.63, 3.8) is 0 Å². The van der Waals surface area contributed by atoms with E-state index >= 15 is 0 Å². The van der Waals surface area contributed by atoms with Crippen LogP contribution in [0.25, 0.3) is 0 Å². The highest BCUT2D eigenvalue weighted by atomic mass is 16.5. The molecule has 0 radical (unpaired) electrons. The number of hydrogen-bond donors (Lipinski definition) is 1. The van der Waals surface area contributed by atoms with Crippen LogP contribution in [0.1, 0.15) is 102 Å². The Morgan fingerprint density at radius 3 is 1.23 bits per heavy atom. The zero-order valence-corrected chi connectivity index (χ0v) is 55.5. The minimum atomic E-state index is -0.162. The highest BCUT2D eigenvalue weighted by Crippen LogP contribution is 2.54. The molecule has 0 saturated heterocycles. The number of nitroso groups, excluding NO2 is 1. The van der Waals surface area contributed by atoms with Crippen molar-refractivity contribution in [1.29, 1.82) is 0 Å². The van der Waals surface area contributed by atoms with Gasteiger partial charge >= 0.3 is 0 Å². The number of benzene rings is 8. The van der Waals surface area contributed by atoms with E-state index in [1.807, 2.05) is 42.5 Å². The third kappa shape index (κ3) is 12.0. The van der Waals surface area contributed by atoms with Gasteiger partial charge in [-0.05, 0) is 226 Å². The lowest BCUT2D eigenvalue weighted by atomic mass is 9.86. The summed E-state index contributed by atoms with van der Waals surface area (Å²) < 4.78 is 62.2. The van der Waals surface area contributed by atoms with Gasteiger partial charge in [-0.3, -0.25) is 19.6 Å². The van der Waals surface area contributed by atoms with Crippen molar-refractivity contribution in [2.75, 3.05) is 103 Å². The van der Waals surface area contributed by atoms with E-state index < -0.39 is 0 Å². The van der Waals surface area contributed by atoms with Gasteiger partial charge in [0.15, 0.2) is 46.0 Å². The molecule has 4 atom stereocenters. The van der Waals surface area contributed by atoms with Crippen molar-refractivity contribution in [3.05, 3.63) is 192 Å². The molecule has 12 bridgehead atoms. The molecule has 16 rings (SSSR count). The number of nitrogen functional groups attached to an aromatic ring is 1. The van der Waals surface area contributed by atoms with Gasteiger partial charge in [-0.1, -0.05) is 36.4 Å². The Morgan fingerprint density at radius 2 is 0.806 bits per heavy atom.